The lowest BCUT2D eigenvalue weighted by Crippen LogP contribution is -2.69. The molecule has 216 valence electrons. The largest absolute Gasteiger partial charge is 0.493 e. The van der Waals surface area contributed by atoms with Crippen LogP contribution in [0.3, 0.4) is 0 Å². The van der Waals surface area contributed by atoms with Gasteiger partial charge in [-0.05, 0) is 62.1 Å². The Morgan fingerprint density at radius 1 is 1.18 bits per heavy atom. The molecule has 11 heteroatoms. The summed E-state index contributed by atoms with van der Waals surface area (Å²) in [6.45, 7) is 3.79. The predicted octanol–water partition coefficient (Wildman–Crippen LogP) is 2.59. The molecule has 4 aliphatic rings. The molecule has 1 heterocycles. The molecule has 0 saturated heterocycles. The van der Waals surface area contributed by atoms with Gasteiger partial charge in [0.05, 0.1) is 44.0 Å². The Morgan fingerprint density at radius 2 is 1.95 bits per heavy atom. The molecule has 40 heavy (non-hydrogen) atoms. The van der Waals surface area contributed by atoms with Crippen LogP contribution in [0.1, 0.15) is 63.5 Å². The van der Waals surface area contributed by atoms with Gasteiger partial charge in [-0.1, -0.05) is 13.0 Å². The Bertz CT molecular complexity index is 1270. The van der Waals surface area contributed by atoms with Gasteiger partial charge in [-0.15, -0.1) is 0 Å². The molecule has 2 bridgehead atoms. The quantitative estimate of drug-likeness (QED) is 0.322. The first kappa shape index (κ1) is 27.9. The van der Waals surface area contributed by atoms with Crippen molar-refractivity contribution in [2.45, 2.75) is 82.0 Å². The summed E-state index contributed by atoms with van der Waals surface area (Å²) in [5.74, 6) is -2.54. The van der Waals surface area contributed by atoms with Crippen LogP contribution in [0.15, 0.2) is 24.0 Å². The lowest BCUT2D eigenvalue weighted by atomic mass is 9.45. The maximum Gasteiger partial charge on any atom is 0.353 e. The number of carbonyl (C=O) groups is 4. The van der Waals surface area contributed by atoms with E-state index < -0.39 is 66.4 Å². The molecule has 1 aromatic carbocycles. The summed E-state index contributed by atoms with van der Waals surface area (Å²) >= 11 is 0. The molecule has 1 fully saturated rings. The summed E-state index contributed by atoms with van der Waals surface area (Å²) in [6, 6.07) is 3.85. The van der Waals surface area contributed by atoms with E-state index in [1.165, 1.54) is 7.11 Å². The summed E-state index contributed by atoms with van der Waals surface area (Å²) in [4.78, 5) is 48.7. The molecule has 0 radical (unpaired) electrons. The number of methoxy groups -OCH3 is 1. The van der Waals surface area contributed by atoms with E-state index in [0.717, 1.165) is 17.5 Å². The molecular formula is C29H34O11. The Balaban J connectivity index is 1.47. The summed E-state index contributed by atoms with van der Waals surface area (Å²) in [6.07, 6.45) is -0.0735. The highest BCUT2D eigenvalue weighted by atomic mass is 16.6. The number of aliphatic carboxylic acids is 1. The third-order valence-electron chi connectivity index (χ3n) is 8.89. The Labute approximate surface area is 231 Å². The maximum absolute atomic E-state index is 13.4. The van der Waals surface area contributed by atoms with Crippen LogP contribution in [-0.4, -0.2) is 65.6 Å². The molecular weight excluding hydrogens is 524 g/mol. The lowest BCUT2D eigenvalue weighted by Gasteiger charge is -2.61. The molecule has 0 amide bonds. The second-order valence-corrected chi connectivity index (χ2v) is 11.0. The maximum atomic E-state index is 13.4. The van der Waals surface area contributed by atoms with E-state index in [0.29, 0.717) is 24.3 Å². The van der Waals surface area contributed by atoms with Gasteiger partial charge < -0.3 is 33.9 Å². The first-order chi connectivity index (χ1) is 19.0. The lowest BCUT2D eigenvalue weighted by molar-refractivity contribution is -0.179. The van der Waals surface area contributed by atoms with Crippen LogP contribution in [0.4, 0.5) is 0 Å². The molecule has 1 saturated carbocycles. The number of benzene rings is 1. The predicted molar refractivity (Wildman–Crippen MR) is 136 cm³/mol. The van der Waals surface area contributed by atoms with Crippen LogP contribution in [0.25, 0.3) is 0 Å². The number of esters is 3. The molecule has 1 spiro atoms. The van der Waals surface area contributed by atoms with Crippen molar-refractivity contribution >= 4 is 23.9 Å². The Kier molecular flexibility index (Phi) is 7.28. The molecule has 1 aromatic rings. The Morgan fingerprint density at radius 3 is 2.65 bits per heavy atom. The number of ether oxygens (including phenoxy) is 5. The molecule has 0 aromatic heterocycles. The average Bonchev–Trinajstić information content (AvgIpc) is 3.26. The van der Waals surface area contributed by atoms with Crippen molar-refractivity contribution in [2.24, 2.45) is 11.8 Å². The zero-order valence-electron chi connectivity index (χ0n) is 22.8. The van der Waals surface area contributed by atoms with Crippen molar-refractivity contribution in [1.82, 2.24) is 0 Å². The van der Waals surface area contributed by atoms with E-state index in [1.807, 2.05) is 12.1 Å². The molecule has 2 N–H and O–H groups in total. The van der Waals surface area contributed by atoms with Crippen LogP contribution in [0.5, 0.6) is 11.5 Å². The minimum absolute atomic E-state index is 0.0283. The van der Waals surface area contributed by atoms with Crippen LogP contribution < -0.4 is 9.47 Å². The van der Waals surface area contributed by atoms with Gasteiger partial charge in [-0.2, -0.15) is 0 Å². The first-order valence-electron chi connectivity index (χ1n) is 13.6. The van der Waals surface area contributed by atoms with Gasteiger partial charge in [0.1, 0.15) is 5.76 Å². The van der Waals surface area contributed by atoms with E-state index in [4.69, 9.17) is 28.8 Å². The van der Waals surface area contributed by atoms with Gasteiger partial charge >= 0.3 is 23.9 Å². The SMILES string of the molecule is CCOC(=O)C[C@H](OC(=O)CCC(=O)O)C(=O)OC1=CC[C@@]2(O)[C@H]3Cc4ccc(OC)c5c4[C@@]2(CCC3C)[C@H]1O5. The molecule has 1 aliphatic heterocycles. The van der Waals surface area contributed by atoms with Gasteiger partial charge in [-0.25, -0.2) is 4.79 Å². The Hall–Kier alpha value is -3.60. The van der Waals surface area contributed by atoms with Crippen molar-refractivity contribution in [1.29, 1.82) is 0 Å². The minimum Gasteiger partial charge on any atom is -0.493 e. The van der Waals surface area contributed by atoms with Gasteiger partial charge in [0, 0.05) is 5.56 Å². The number of hydrogen-bond donors (Lipinski definition) is 2. The van der Waals surface area contributed by atoms with Crippen LogP contribution in [0, 0.1) is 11.8 Å². The number of rotatable bonds is 10. The fourth-order valence-corrected chi connectivity index (χ4v) is 7.12. The monoisotopic (exact) mass is 558 g/mol. The second-order valence-electron chi connectivity index (χ2n) is 11.0. The van der Waals surface area contributed by atoms with Crippen molar-refractivity contribution in [2.75, 3.05) is 13.7 Å². The van der Waals surface area contributed by atoms with Crippen LogP contribution >= 0.6 is 0 Å². The number of aliphatic hydroxyl groups is 1. The normalized spacial score (nSPS) is 29.7. The van der Waals surface area contributed by atoms with Gasteiger partial charge in [0.25, 0.3) is 0 Å². The first-order valence-corrected chi connectivity index (χ1v) is 13.6. The smallest absolute Gasteiger partial charge is 0.353 e. The van der Waals surface area contributed by atoms with E-state index in [9.17, 15) is 24.3 Å². The van der Waals surface area contributed by atoms with Crippen LogP contribution in [-0.2, 0) is 45.2 Å². The number of carboxylic acid groups (broad SMARTS) is 1. The highest BCUT2D eigenvalue weighted by Gasteiger charge is 2.72. The zero-order valence-corrected chi connectivity index (χ0v) is 22.8. The van der Waals surface area contributed by atoms with E-state index in [2.05, 4.69) is 6.92 Å². The number of carboxylic acids is 1. The van der Waals surface area contributed by atoms with Crippen molar-refractivity contribution in [3.05, 3.63) is 35.1 Å². The zero-order chi connectivity index (χ0) is 28.8. The number of hydrogen-bond acceptors (Lipinski definition) is 10. The van der Waals surface area contributed by atoms with Gasteiger partial charge in [-0.3, -0.25) is 14.4 Å². The fraction of sp³-hybridized carbons (Fsp3) is 0.586. The van der Waals surface area contributed by atoms with E-state index in [1.54, 1.807) is 13.0 Å². The average molecular weight is 559 g/mol. The van der Waals surface area contributed by atoms with Crippen molar-refractivity contribution in [3.63, 3.8) is 0 Å². The summed E-state index contributed by atoms with van der Waals surface area (Å²) in [5.41, 5.74) is -0.0587. The standard InChI is InChI=1S/C29H34O11/c1-4-37-23(33)14-20(38-22(32)8-7-21(30)31)27(34)39-19-10-12-29(35)17-13-16-5-6-18(36-3)25-24(16)28(29,26(19)40-25)11-9-15(17)2/h5-6,10,15,17,20,26,35H,4,7-9,11-14H2,1-3H3,(H,30,31)/t15?,17-,20-,26-,28-,29+/m0/s1. The van der Waals surface area contributed by atoms with Gasteiger partial charge in [0.15, 0.2) is 17.6 Å². The molecule has 11 nitrogen and oxygen atoms in total. The molecule has 1 unspecified atom stereocenters. The van der Waals surface area contributed by atoms with E-state index in [-0.39, 0.29) is 30.6 Å². The summed E-state index contributed by atoms with van der Waals surface area (Å²) in [5, 5.41) is 21.2. The number of carbonyl (C=O) groups excluding carboxylic acids is 3. The fourth-order valence-electron chi connectivity index (χ4n) is 7.12. The van der Waals surface area contributed by atoms with Gasteiger partial charge in [0.2, 0.25) is 6.10 Å². The van der Waals surface area contributed by atoms with Crippen molar-refractivity contribution in [3.8, 4) is 11.5 Å². The van der Waals surface area contributed by atoms with Crippen LogP contribution in [0.2, 0.25) is 0 Å². The van der Waals surface area contributed by atoms with Crippen molar-refractivity contribution < 1.29 is 53.1 Å². The molecule has 6 atom stereocenters. The molecule has 5 rings (SSSR count). The summed E-state index contributed by atoms with van der Waals surface area (Å²) in [7, 11) is 1.54. The van der Waals surface area contributed by atoms with E-state index >= 15 is 0 Å². The minimum atomic E-state index is -1.65. The highest BCUT2D eigenvalue weighted by molar-refractivity contribution is 5.86. The highest BCUT2D eigenvalue weighted by Crippen LogP contribution is 2.68. The molecule has 3 aliphatic carbocycles. The third kappa shape index (κ3) is 4.31. The third-order valence-corrected chi connectivity index (χ3v) is 8.89. The topological polar surface area (TPSA) is 155 Å². The summed E-state index contributed by atoms with van der Waals surface area (Å²) < 4.78 is 27.9. The second kappa shape index (κ2) is 10.4.